The third-order valence-electron chi connectivity index (χ3n) is 3.80. The zero-order chi connectivity index (χ0) is 12.1. The highest BCUT2D eigenvalue weighted by molar-refractivity contribution is 8.00. The number of carbonyl (C=O) groups excluding carboxylic acids is 1. The summed E-state index contributed by atoms with van der Waals surface area (Å²) in [6.07, 6.45) is 6.26. The van der Waals surface area contributed by atoms with E-state index in [-0.39, 0.29) is 0 Å². The van der Waals surface area contributed by atoms with Crippen LogP contribution in [-0.4, -0.2) is 47.5 Å². The first-order valence-corrected chi connectivity index (χ1v) is 7.99. The summed E-state index contributed by atoms with van der Waals surface area (Å²) in [5, 5.41) is 4.20. The van der Waals surface area contributed by atoms with E-state index in [4.69, 9.17) is 0 Å². The van der Waals surface area contributed by atoms with E-state index in [0.29, 0.717) is 23.0 Å². The van der Waals surface area contributed by atoms with E-state index in [1.165, 1.54) is 32.1 Å². The van der Waals surface area contributed by atoms with E-state index in [9.17, 15) is 4.79 Å². The van der Waals surface area contributed by atoms with Gasteiger partial charge in [0.05, 0.1) is 5.75 Å². The molecule has 2 fully saturated rings. The highest BCUT2D eigenvalue weighted by atomic mass is 32.2. The highest BCUT2D eigenvalue weighted by Gasteiger charge is 2.28. The van der Waals surface area contributed by atoms with Crippen molar-refractivity contribution in [2.45, 2.75) is 50.3 Å². The molecular weight excluding hydrogens is 232 g/mol. The first kappa shape index (κ1) is 13.2. The van der Waals surface area contributed by atoms with Gasteiger partial charge in [-0.25, -0.2) is 0 Å². The quantitative estimate of drug-likeness (QED) is 0.815. The predicted molar refractivity (Wildman–Crippen MR) is 73.4 cm³/mol. The van der Waals surface area contributed by atoms with Crippen molar-refractivity contribution in [1.29, 1.82) is 0 Å². The summed E-state index contributed by atoms with van der Waals surface area (Å²) in [6.45, 7) is 5.18. The van der Waals surface area contributed by atoms with E-state index in [1.807, 2.05) is 16.7 Å². The van der Waals surface area contributed by atoms with Gasteiger partial charge in [0, 0.05) is 24.4 Å². The zero-order valence-corrected chi connectivity index (χ0v) is 11.6. The second kappa shape index (κ2) is 6.64. The van der Waals surface area contributed by atoms with Crippen molar-refractivity contribution in [3.05, 3.63) is 0 Å². The lowest BCUT2D eigenvalue weighted by atomic mass is 10.2. The molecule has 98 valence electrons. The summed E-state index contributed by atoms with van der Waals surface area (Å²) < 4.78 is 0. The van der Waals surface area contributed by atoms with Crippen molar-refractivity contribution in [3.63, 3.8) is 0 Å². The fourth-order valence-electron chi connectivity index (χ4n) is 2.86. The topological polar surface area (TPSA) is 32.3 Å². The Labute approximate surface area is 109 Å². The largest absolute Gasteiger partial charge is 0.342 e. The Morgan fingerprint density at radius 3 is 2.76 bits per heavy atom. The molecule has 1 aliphatic carbocycles. The van der Waals surface area contributed by atoms with E-state index < -0.39 is 0 Å². The third-order valence-corrected chi connectivity index (χ3v) is 5.20. The lowest BCUT2D eigenvalue weighted by Gasteiger charge is -2.21. The van der Waals surface area contributed by atoms with Gasteiger partial charge in [-0.15, -0.1) is 11.8 Å². The van der Waals surface area contributed by atoms with Crippen molar-refractivity contribution >= 4 is 17.7 Å². The molecule has 0 radical (unpaired) electrons. The summed E-state index contributed by atoms with van der Waals surface area (Å²) in [7, 11) is 0. The van der Waals surface area contributed by atoms with Crippen LogP contribution in [0.15, 0.2) is 0 Å². The Balaban J connectivity index is 1.71. The van der Waals surface area contributed by atoms with Crippen molar-refractivity contribution < 1.29 is 4.79 Å². The van der Waals surface area contributed by atoms with Crippen LogP contribution in [0.2, 0.25) is 0 Å². The molecule has 0 aromatic heterocycles. The molecule has 1 N–H and O–H groups in total. The highest BCUT2D eigenvalue weighted by Crippen LogP contribution is 2.30. The molecule has 0 aromatic rings. The van der Waals surface area contributed by atoms with Crippen molar-refractivity contribution in [2.24, 2.45) is 0 Å². The van der Waals surface area contributed by atoms with Gasteiger partial charge < -0.3 is 10.2 Å². The van der Waals surface area contributed by atoms with Gasteiger partial charge in [0.2, 0.25) is 5.91 Å². The zero-order valence-electron chi connectivity index (χ0n) is 10.8. The molecule has 2 rings (SSSR count). The molecule has 2 atom stereocenters. The Hall–Kier alpha value is -0.220. The van der Waals surface area contributed by atoms with Crippen LogP contribution in [0.1, 0.15) is 39.0 Å². The molecule has 3 nitrogen and oxygen atoms in total. The molecule has 2 unspecified atom stereocenters. The number of hydrogen-bond acceptors (Lipinski definition) is 3. The average molecular weight is 256 g/mol. The normalized spacial score (nSPS) is 28.9. The number of rotatable bonds is 5. The number of nitrogens with zero attached hydrogens (tertiary/aromatic N) is 1. The van der Waals surface area contributed by atoms with Crippen LogP contribution < -0.4 is 5.32 Å². The van der Waals surface area contributed by atoms with Crippen molar-refractivity contribution in [3.8, 4) is 0 Å². The Kier molecular flexibility index (Phi) is 5.16. The van der Waals surface area contributed by atoms with Crippen molar-refractivity contribution in [1.82, 2.24) is 10.2 Å². The molecular formula is C13H24N2OS. The van der Waals surface area contributed by atoms with Gasteiger partial charge in [-0.05, 0) is 32.2 Å². The number of likely N-dealkylation sites (tertiary alicyclic amines) is 1. The van der Waals surface area contributed by atoms with E-state index in [0.717, 1.165) is 19.6 Å². The van der Waals surface area contributed by atoms with Gasteiger partial charge in [-0.2, -0.15) is 0 Å². The SMILES string of the molecule is CCNC1CCCC1SCC(=O)N1CCCC1. The number of hydrogen-bond donors (Lipinski definition) is 1. The molecule has 1 saturated heterocycles. The minimum atomic E-state index is 0.356. The number of amides is 1. The van der Waals surface area contributed by atoms with Gasteiger partial charge in [0.15, 0.2) is 0 Å². The Morgan fingerprint density at radius 2 is 2.06 bits per heavy atom. The lowest BCUT2D eigenvalue weighted by molar-refractivity contribution is -0.127. The fourth-order valence-corrected chi connectivity index (χ4v) is 4.19. The van der Waals surface area contributed by atoms with E-state index >= 15 is 0 Å². The molecule has 0 spiro atoms. The molecule has 1 heterocycles. The van der Waals surface area contributed by atoms with Gasteiger partial charge in [0.25, 0.3) is 0 Å². The minimum absolute atomic E-state index is 0.356. The second-order valence-corrected chi connectivity index (χ2v) is 6.26. The second-order valence-electron chi connectivity index (χ2n) is 5.03. The standard InChI is InChI=1S/C13H24N2OS/c1-2-14-11-6-5-7-12(11)17-10-13(16)15-8-3-4-9-15/h11-12,14H,2-10H2,1H3. The maximum atomic E-state index is 12.0. The molecule has 17 heavy (non-hydrogen) atoms. The molecule has 0 bridgehead atoms. The van der Waals surface area contributed by atoms with Crippen molar-refractivity contribution in [2.75, 3.05) is 25.4 Å². The van der Waals surface area contributed by atoms with Crippen LogP contribution >= 0.6 is 11.8 Å². The van der Waals surface area contributed by atoms with Gasteiger partial charge in [0.1, 0.15) is 0 Å². The molecule has 1 amide bonds. The van der Waals surface area contributed by atoms with Gasteiger partial charge >= 0.3 is 0 Å². The Bertz CT molecular complexity index is 254. The number of thioether (sulfide) groups is 1. The minimum Gasteiger partial charge on any atom is -0.342 e. The van der Waals surface area contributed by atoms with Gasteiger partial charge in [-0.3, -0.25) is 4.79 Å². The van der Waals surface area contributed by atoms with E-state index in [1.54, 1.807) is 0 Å². The molecule has 4 heteroatoms. The maximum absolute atomic E-state index is 12.0. The van der Waals surface area contributed by atoms with Crippen LogP contribution in [-0.2, 0) is 4.79 Å². The Morgan fingerprint density at radius 1 is 1.29 bits per heavy atom. The molecule has 0 aromatic carbocycles. The molecule has 1 saturated carbocycles. The van der Waals surface area contributed by atoms with Crippen LogP contribution in [0.3, 0.4) is 0 Å². The van der Waals surface area contributed by atoms with E-state index in [2.05, 4.69) is 12.2 Å². The summed E-state index contributed by atoms with van der Waals surface area (Å²) >= 11 is 1.87. The predicted octanol–water partition coefficient (Wildman–Crippen LogP) is 1.87. The first-order chi connectivity index (χ1) is 8.31. The number of nitrogens with one attached hydrogen (secondary N) is 1. The monoisotopic (exact) mass is 256 g/mol. The van der Waals surface area contributed by atoms with Gasteiger partial charge in [-0.1, -0.05) is 13.3 Å². The maximum Gasteiger partial charge on any atom is 0.232 e. The molecule has 2 aliphatic rings. The van der Waals surface area contributed by atoms with Crippen LogP contribution in [0, 0.1) is 0 Å². The summed E-state index contributed by atoms with van der Waals surface area (Å²) in [5.41, 5.74) is 0. The van der Waals surface area contributed by atoms with Crippen LogP contribution in [0.5, 0.6) is 0 Å². The first-order valence-electron chi connectivity index (χ1n) is 6.94. The van der Waals surface area contributed by atoms with Crippen LogP contribution in [0.4, 0.5) is 0 Å². The summed E-state index contributed by atoms with van der Waals surface area (Å²) in [4.78, 5) is 14.0. The smallest absolute Gasteiger partial charge is 0.232 e. The summed E-state index contributed by atoms with van der Waals surface area (Å²) in [5.74, 6) is 1.04. The average Bonchev–Trinajstić information content (AvgIpc) is 2.97. The summed E-state index contributed by atoms with van der Waals surface area (Å²) in [6, 6.07) is 0.636. The fraction of sp³-hybridized carbons (Fsp3) is 0.923. The third kappa shape index (κ3) is 3.62. The van der Waals surface area contributed by atoms with Crippen LogP contribution in [0.25, 0.3) is 0 Å². The number of carbonyl (C=O) groups is 1. The molecule has 1 aliphatic heterocycles. The lowest BCUT2D eigenvalue weighted by Crippen LogP contribution is -2.35.